The summed E-state index contributed by atoms with van der Waals surface area (Å²) in [5.74, 6) is 0.906. The average Bonchev–Trinajstić information content (AvgIpc) is 2.58. The van der Waals surface area contributed by atoms with E-state index >= 15 is 0 Å². The number of benzene rings is 2. The third-order valence-electron chi connectivity index (χ3n) is 4.32. The van der Waals surface area contributed by atoms with Crippen molar-refractivity contribution in [3.63, 3.8) is 0 Å². The molecule has 0 fully saturated rings. The van der Waals surface area contributed by atoms with Gasteiger partial charge in [-0.25, -0.2) is 0 Å². The number of aryl methyl sites for hydroxylation is 2. The molecule has 2 aromatic rings. The zero-order chi connectivity index (χ0) is 18.4. The number of quaternary nitrogens is 1. The predicted molar refractivity (Wildman–Crippen MR) is 109 cm³/mol. The molecule has 0 saturated heterocycles. The molecule has 0 spiro atoms. The van der Waals surface area contributed by atoms with Crippen LogP contribution in [-0.2, 0) is 0 Å². The lowest BCUT2D eigenvalue weighted by Crippen LogP contribution is -3.07. The molecule has 134 valence electrons. The van der Waals surface area contributed by atoms with Crippen molar-refractivity contribution in [1.29, 1.82) is 0 Å². The highest BCUT2D eigenvalue weighted by molar-refractivity contribution is 7.80. The highest BCUT2D eigenvalue weighted by atomic mass is 32.1. The van der Waals surface area contributed by atoms with Crippen molar-refractivity contribution in [1.82, 2.24) is 5.32 Å². The fraction of sp³-hybridized carbons (Fsp3) is 0.350. The average molecular weight is 359 g/mol. The molecule has 25 heavy (non-hydrogen) atoms. The van der Waals surface area contributed by atoms with E-state index in [1.54, 1.807) is 7.11 Å². The Kier molecular flexibility index (Phi) is 6.79. The minimum atomic E-state index is 0.231. The van der Waals surface area contributed by atoms with Gasteiger partial charge in [0.1, 0.15) is 11.8 Å². The van der Waals surface area contributed by atoms with Crippen LogP contribution in [0.25, 0.3) is 0 Å². The number of thiocarbonyl (C=S) groups is 1. The first-order valence-corrected chi connectivity index (χ1v) is 8.88. The maximum atomic E-state index is 5.52. The van der Waals surface area contributed by atoms with E-state index in [0.29, 0.717) is 5.11 Å². The van der Waals surface area contributed by atoms with Crippen molar-refractivity contribution in [3.8, 4) is 5.75 Å². The largest absolute Gasteiger partial charge is 0.496 e. The number of hydrogen-bond acceptors (Lipinski definition) is 2. The Morgan fingerprint density at radius 1 is 1.16 bits per heavy atom. The number of nitrogens with one attached hydrogen (secondary N) is 3. The van der Waals surface area contributed by atoms with Crippen LogP contribution < -0.4 is 20.3 Å². The van der Waals surface area contributed by atoms with Crippen LogP contribution in [0.4, 0.5) is 5.69 Å². The lowest BCUT2D eigenvalue weighted by Gasteiger charge is -2.24. The minimum Gasteiger partial charge on any atom is -0.496 e. The number of para-hydroxylation sites is 1. The molecular weight excluding hydrogens is 330 g/mol. The van der Waals surface area contributed by atoms with Crippen LogP contribution in [0.15, 0.2) is 42.5 Å². The van der Waals surface area contributed by atoms with Crippen LogP contribution in [0, 0.1) is 13.8 Å². The van der Waals surface area contributed by atoms with Gasteiger partial charge in [-0.15, -0.1) is 0 Å². The van der Waals surface area contributed by atoms with Crippen LogP contribution in [0.2, 0.25) is 0 Å². The first-order chi connectivity index (χ1) is 11.9. The summed E-state index contributed by atoms with van der Waals surface area (Å²) < 4.78 is 5.52. The van der Waals surface area contributed by atoms with Gasteiger partial charge in [0.2, 0.25) is 0 Å². The van der Waals surface area contributed by atoms with E-state index in [1.165, 1.54) is 21.6 Å². The summed E-state index contributed by atoms with van der Waals surface area (Å²) in [7, 11) is 5.99. The van der Waals surface area contributed by atoms with Crippen molar-refractivity contribution in [2.24, 2.45) is 0 Å². The number of methoxy groups -OCH3 is 1. The molecule has 0 aliphatic heterocycles. The lowest BCUT2D eigenvalue weighted by molar-refractivity contribution is -0.890. The van der Waals surface area contributed by atoms with E-state index in [0.717, 1.165) is 18.0 Å². The standard InChI is InChI=1S/C20H27N3OS/c1-14-10-11-15(2)17(12-14)22-20(25)21-13-18(23(3)4)16-8-6-7-9-19(16)24-5/h6-12,18H,13H2,1-5H3,(H2,21,22,25)/p+1/t18-/m1/s1. The highest BCUT2D eigenvalue weighted by Gasteiger charge is 2.21. The first kappa shape index (κ1) is 19.2. The fourth-order valence-electron chi connectivity index (χ4n) is 2.81. The predicted octanol–water partition coefficient (Wildman–Crippen LogP) is 2.48. The first-order valence-electron chi connectivity index (χ1n) is 8.47. The minimum absolute atomic E-state index is 0.231. The van der Waals surface area contributed by atoms with Gasteiger partial charge in [-0.2, -0.15) is 0 Å². The molecule has 0 aromatic heterocycles. The van der Waals surface area contributed by atoms with Crippen LogP contribution in [0.5, 0.6) is 5.75 Å². The van der Waals surface area contributed by atoms with Crippen molar-refractivity contribution in [2.75, 3.05) is 33.1 Å². The Balaban J connectivity index is 2.06. The van der Waals surface area contributed by atoms with Crippen LogP contribution >= 0.6 is 12.2 Å². The van der Waals surface area contributed by atoms with Gasteiger partial charge >= 0.3 is 0 Å². The van der Waals surface area contributed by atoms with Crippen molar-refractivity contribution >= 4 is 23.0 Å². The van der Waals surface area contributed by atoms with Gasteiger partial charge in [-0.05, 0) is 55.4 Å². The summed E-state index contributed by atoms with van der Waals surface area (Å²) in [6, 6.07) is 14.7. The second kappa shape index (κ2) is 8.83. The second-order valence-electron chi connectivity index (χ2n) is 6.53. The summed E-state index contributed by atoms with van der Waals surface area (Å²) in [5.41, 5.74) is 4.60. The normalized spacial score (nSPS) is 11.9. The third kappa shape index (κ3) is 5.18. The fourth-order valence-corrected chi connectivity index (χ4v) is 3.00. The molecule has 0 radical (unpaired) electrons. The smallest absolute Gasteiger partial charge is 0.171 e. The molecule has 0 bridgehead atoms. The Morgan fingerprint density at radius 3 is 2.56 bits per heavy atom. The van der Waals surface area contributed by atoms with Crippen LogP contribution in [-0.4, -0.2) is 32.9 Å². The zero-order valence-electron chi connectivity index (χ0n) is 15.6. The van der Waals surface area contributed by atoms with E-state index in [-0.39, 0.29) is 6.04 Å². The summed E-state index contributed by atoms with van der Waals surface area (Å²) >= 11 is 5.49. The third-order valence-corrected chi connectivity index (χ3v) is 4.57. The number of rotatable bonds is 6. The molecule has 5 heteroatoms. The monoisotopic (exact) mass is 358 g/mol. The number of likely N-dealkylation sites (N-methyl/N-ethyl adjacent to an activating group) is 1. The van der Waals surface area contributed by atoms with Crippen molar-refractivity contribution in [3.05, 3.63) is 59.2 Å². The van der Waals surface area contributed by atoms with Gasteiger partial charge in [0.15, 0.2) is 5.11 Å². The summed E-state index contributed by atoms with van der Waals surface area (Å²) in [6.45, 7) is 4.87. The molecule has 0 aliphatic rings. The van der Waals surface area contributed by atoms with E-state index in [2.05, 4.69) is 62.8 Å². The van der Waals surface area contributed by atoms with Gasteiger partial charge in [0.25, 0.3) is 0 Å². The Morgan fingerprint density at radius 2 is 1.88 bits per heavy atom. The lowest BCUT2D eigenvalue weighted by atomic mass is 10.0. The van der Waals surface area contributed by atoms with E-state index in [1.807, 2.05) is 18.2 Å². The molecule has 3 N–H and O–H groups in total. The molecule has 0 amide bonds. The van der Waals surface area contributed by atoms with Gasteiger partial charge in [0, 0.05) is 5.69 Å². The molecule has 0 saturated carbocycles. The Hall–Kier alpha value is -2.11. The Labute approximate surface area is 156 Å². The molecular formula is C20H28N3OS+. The van der Waals surface area contributed by atoms with Gasteiger partial charge in [0.05, 0.1) is 33.3 Å². The number of hydrogen-bond donors (Lipinski definition) is 3. The molecule has 0 unspecified atom stereocenters. The molecule has 4 nitrogen and oxygen atoms in total. The molecule has 2 rings (SSSR count). The quantitative estimate of drug-likeness (QED) is 0.694. The van der Waals surface area contributed by atoms with Crippen LogP contribution in [0.1, 0.15) is 22.7 Å². The topological polar surface area (TPSA) is 37.7 Å². The maximum absolute atomic E-state index is 5.52. The van der Waals surface area contributed by atoms with Crippen molar-refractivity contribution in [2.45, 2.75) is 19.9 Å². The second-order valence-corrected chi connectivity index (χ2v) is 6.93. The SMILES string of the molecule is COc1ccccc1[C@@H](CNC(=S)Nc1cc(C)ccc1C)[NH+](C)C. The molecule has 0 aliphatic carbocycles. The molecule has 0 heterocycles. The van der Waals surface area contributed by atoms with E-state index in [4.69, 9.17) is 17.0 Å². The van der Waals surface area contributed by atoms with Crippen LogP contribution in [0.3, 0.4) is 0 Å². The number of ether oxygens (including phenoxy) is 1. The summed E-state index contributed by atoms with van der Waals surface area (Å²) in [5, 5.41) is 7.29. The summed E-state index contributed by atoms with van der Waals surface area (Å²) in [4.78, 5) is 1.31. The molecule has 1 atom stereocenters. The highest BCUT2D eigenvalue weighted by Crippen LogP contribution is 2.22. The van der Waals surface area contributed by atoms with Gasteiger partial charge in [-0.1, -0.05) is 24.3 Å². The maximum Gasteiger partial charge on any atom is 0.171 e. The van der Waals surface area contributed by atoms with Crippen molar-refractivity contribution < 1.29 is 9.64 Å². The summed E-state index contributed by atoms with van der Waals surface area (Å²) in [6.07, 6.45) is 0. The van der Waals surface area contributed by atoms with E-state index < -0.39 is 0 Å². The van der Waals surface area contributed by atoms with Gasteiger partial charge in [-0.3, -0.25) is 0 Å². The number of anilines is 1. The molecule has 2 aromatic carbocycles. The Bertz CT molecular complexity index is 731. The van der Waals surface area contributed by atoms with E-state index in [9.17, 15) is 0 Å². The zero-order valence-corrected chi connectivity index (χ0v) is 16.5. The van der Waals surface area contributed by atoms with Gasteiger partial charge < -0.3 is 20.3 Å².